The molecule has 0 fully saturated rings. The molecule has 3 heterocycles. The van der Waals surface area contributed by atoms with Gasteiger partial charge in [0, 0.05) is 50.9 Å². The van der Waals surface area contributed by atoms with Gasteiger partial charge in [-0.05, 0) is 169 Å². The molecule has 12 aromatic rings. The highest BCUT2D eigenvalue weighted by Gasteiger charge is 2.60. The maximum atomic E-state index is 2.76. The van der Waals surface area contributed by atoms with Crippen LogP contribution in [0.2, 0.25) is 0 Å². The fourth-order valence-electron chi connectivity index (χ4n) is 14.7. The van der Waals surface area contributed by atoms with E-state index in [9.17, 15) is 0 Å². The summed E-state index contributed by atoms with van der Waals surface area (Å²) in [7, 11) is 0. The monoisotopic (exact) mass is 1050 g/mol. The first-order chi connectivity index (χ1) is 40.4. The predicted octanol–water partition coefficient (Wildman–Crippen LogP) is 18.4. The molecule has 2 unspecified atom stereocenters. The smallest absolute Gasteiger partial charge is 0.252 e. The molecule has 2 atom stereocenters. The van der Waals surface area contributed by atoms with E-state index < -0.39 is 5.54 Å². The zero-order valence-electron chi connectivity index (χ0n) is 46.0. The summed E-state index contributed by atoms with van der Waals surface area (Å²) in [6.45, 7) is 4.99. The summed E-state index contributed by atoms with van der Waals surface area (Å²) in [4.78, 5) is 7.97. The van der Waals surface area contributed by atoms with Crippen LogP contribution in [-0.2, 0) is 17.4 Å². The highest BCUT2D eigenvalue weighted by Crippen LogP contribution is 2.65. The lowest BCUT2D eigenvalue weighted by molar-refractivity contribution is 0.245. The molecule has 3 nitrogen and oxygen atoms in total. The predicted molar refractivity (Wildman–Crippen MR) is 346 cm³/mol. The molecule has 12 aromatic carbocycles. The van der Waals surface area contributed by atoms with Crippen molar-refractivity contribution < 1.29 is 0 Å². The third-order valence-corrected chi connectivity index (χ3v) is 18.9. The van der Waals surface area contributed by atoms with Gasteiger partial charge in [-0.1, -0.05) is 237 Å². The van der Waals surface area contributed by atoms with Gasteiger partial charge in [0.05, 0.1) is 5.54 Å². The minimum absolute atomic E-state index is 0.110. The molecule has 388 valence electrons. The van der Waals surface area contributed by atoms with Crippen molar-refractivity contribution in [3.05, 3.63) is 308 Å². The van der Waals surface area contributed by atoms with Crippen LogP contribution in [0, 0.1) is 0 Å². The summed E-state index contributed by atoms with van der Waals surface area (Å²) in [5.41, 5.74) is 28.7. The molecule has 1 aliphatic carbocycles. The summed E-state index contributed by atoms with van der Waals surface area (Å²) >= 11 is 0. The molecule has 0 spiro atoms. The van der Waals surface area contributed by atoms with Crippen molar-refractivity contribution in [1.82, 2.24) is 0 Å². The first kappa shape index (κ1) is 48.0. The molecule has 0 saturated heterocycles. The Labute approximate surface area is 481 Å². The number of fused-ring (bicyclic) bond motifs is 9. The van der Waals surface area contributed by atoms with Crippen molar-refractivity contribution in [2.75, 3.05) is 14.7 Å². The largest absolute Gasteiger partial charge is 0.330 e. The van der Waals surface area contributed by atoms with E-state index in [4.69, 9.17) is 0 Å². The van der Waals surface area contributed by atoms with E-state index in [1.165, 1.54) is 117 Å². The normalized spacial score (nSPS) is 17.0. The Bertz CT molecular complexity index is 4430. The van der Waals surface area contributed by atoms with Crippen LogP contribution in [0.15, 0.2) is 291 Å². The molecule has 0 N–H and O–H groups in total. The van der Waals surface area contributed by atoms with Crippen molar-refractivity contribution in [2.45, 2.75) is 37.6 Å². The van der Waals surface area contributed by atoms with E-state index in [1.807, 2.05) is 0 Å². The highest BCUT2D eigenvalue weighted by molar-refractivity contribution is 7.00. The van der Waals surface area contributed by atoms with Gasteiger partial charge < -0.3 is 14.7 Å². The zero-order chi connectivity index (χ0) is 54.5. The number of hydrogen-bond acceptors (Lipinski definition) is 3. The fourth-order valence-corrected chi connectivity index (χ4v) is 14.7. The standard InChI is InChI=1S/C78H58BN3/c1-77-46-45-59-31-18-19-34-67(59)78(77,2)82(71-43-38-61(48-68(71)77)55-25-12-5-13-26-55)66-51-74-76-75(52-66)81(65-33-20-32-60(47-65)54-23-10-4-11-24-54)73-50-63(57-29-16-7-17-30-57)37-42-69(73)79(76)70-49-62(56-27-14-6-15-28-56)39-44-72(70)80(74)64-40-35-58(36-41-64)53-21-8-3-9-22-53/h3-44,47-52H,45-46H2,1-2H3. The second-order valence-corrected chi connectivity index (χ2v) is 23.1. The van der Waals surface area contributed by atoms with Crippen LogP contribution in [0.25, 0.3) is 55.6 Å². The van der Waals surface area contributed by atoms with Gasteiger partial charge in [-0.15, -0.1) is 0 Å². The highest BCUT2D eigenvalue weighted by atomic mass is 15.3. The van der Waals surface area contributed by atoms with E-state index in [-0.39, 0.29) is 12.1 Å². The van der Waals surface area contributed by atoms with Crippen molar-refractivity contribution >= 4 is 68.6 Å². The van der Waals surface area contributed by atoms with Crippen LogP contribution in [0.1, 0.15) is 37.0 Å². The molecule has 4 aliphatic rings. The van der Waals surface area contributed by atoms with E-state index >= 15 is 0 Å². The molecule has 0 aromatic heterocycles. The lowest BCUT2D eigenvalue weighted by Crippen LogP contribution is -2.61. The summed E-state index contributed by atoms with van der Waals surface area (Å²) in [5.74, 6) is 0. The molecule has 0 amide bonds. The first-order valence-corrected chi connectivity index (χ1v) is 29.0. The number of nitrogens with zero attached hydrogens (tertiary/aromatic N) is 3. The lowest BCUT2D eigenvalue weighted by atomic mass is 9.33. The van der Waals surface area contributed by atoms with E-state index in [0.717, 1.165) is 29.9 Å². The van der Waals surface area contributed by atoms with Gasteiger partial charge in [0.2, 0.25) is 0 Å². The Morgan fingerprint density at radius 3 is 1.38 bits per heavy atom. The summed E-state index contributed by atoms with van der Waals surface area (Å²) in [5, 5.41) is 0. The van der Waals surface area contributed by atoms with Crippen LogP contribution >= 0.6 is 0 Å². The van der Waals surface area contributed by atoms with Gasteiger partial charge in [0.25, 0.3) is 6.71 Å². The average Bonchev–Trinajstić information content (AvgIpc) is 1.94. The van der Waals surface area contributed by atoms with Crippen molar-refractivity contribution in [2.24, 2.45) is 0 Å². The summed E-state index contributed by atoms with van der Waals surface area (Å²) in [6, 6.07) is 109. The zero-order valence-corrected chi connectivity index (χ0v) is 46.0. The quantitative estimate of drug-likeness (QED) is 0.140. The second-order valence-electron chi connectivity index (χ2n) is 23.1. The van der Waals surface area contributed by atoms with Gasteiger partial charge in [-0.25, -0.2) is 0 Å². The Hall–Kier alpha value is -9.90. The molecule has 0 saturated carbocycles. The third-order valence-electron chi connectivity index (χ3n) is 18.9. The fraction of sp³-hybridized carbons (Fsp3) is 0.0769. The van der Waals surface area contributed by atoms with Gasteiger partial charge in [-0.3, -0.25) is 0 Å². The van der Waals surface area contributed by atoms with Crippen molar-refractivity contribution in [3.63, 3.8) is 0 Å². The molecule has 16 rings (SSSR count). The Kier molecular flexibility index (Phi) is 11.1. The third kappa shape index (κ3) is 7.37. The second kappa shape index (κ2) is 18.9. The van der Waals surface area contributed by atoms with Crippen LogP contribution in [-0.4, -0.2) is 6.71 Å². The van der Waals surface area contributed by atoms with Gasteiger partial charge in [0.1, 0.15) is 0 Å². The molecular formula is C78H58BN3. The van der Waals surface area contributed by atoms with Gasteiger partial charge >= 0.3 is 0 Å². The van der Waals surface area contributed by atoms with Gasteiger partial charge in [0.15, 0.2) is 0 Å². The first-order valence-electron chi connectivity index (χ1n) is 29.0. The van der Waals surface area contributed by atoms with E-state index in [1.54, 1.807) is 0 Å². The molecule has 0 bridgehead atoms. The van der Waals surface area contributed by atoms with Crippen LogP contribution in [0.5, 0.6) is 0 Å². The minimum atomic E-state index is -0.468. The summed E-state index contributed by atoms with van der Waals surface area (Å²) in [6.07, 6.45) is 2.04. The molecule has 4 heteroatoms. The minimum Gasteiger partial charge on any atom is -0.330 e. The number of rotatable bonds is 8. The lowest BCUT2D eigenvalue weighted by Gasteiger charge is -2.52. The molecule has 3 aliphatic heterocycles. The number of aryl methyl sites for hydroxylation is 1. The van der Waals surface area contributed by atoms with Crippen LogP contribution < -0.4 is 31.1 Å². The number of hydrogen-bond donors (Lipinski definition) is 0. The Morgan fingerprint density at radius 2 is 0.768 bits per heavy atom. The Balaban J connectivity index is 1.02. The SMILES string of the molecule is CC12CCc3ccccc3C1(C)N(c1cc3c4c(c1)N(c1cccc(-c5ccccc5)c1)c1cc(-c5ccccc5)ccc1B4c1cc(-c4ccccc4)ccc1N3c1ccc(-c3ccccc3)cc1)c1ccc(-c3ccccc3)cc12. The van der Waals surface area contributed by atoms with E-state index in [0.29, 0.717) is 0 Å². The maximum absolute atomic E-state index is 2.76. The Morgan fingerprint density at radius 1 is 0.305 bits per heavy atom. The maximum Gasteiger partial charge on any atom is 0.252 e. The molecule has 0 radical (unpaired) electrons. The van der Waals surface area contributed by atoms with Crippen molar-refractivity contribution in [1.29, 1.82) is 0 Å². The van der Waals surface area contributed by atoms with Crippen molar-refractivity contribution in [3.8, 4) is 55.6 Å². The number of anilines is 8. The molecular weight excluding hydrogens is 990 g/mol. The van der Waals surface area contributed by atoms with Crippen LogP contribution in [0.4, 0.5) is 45.5 Å². The topological polar surface area (TPSA) is 9.72 Å². The molecule has 82 heavy (non-hydrogen) atoms. The number of benzene rings is 12. The van der Waals surface area contributed by atoms with E-state index in [2.05, 4.69) is 320 Å². The average molecular weight is 1050 g/mol. The summed E-state index contributed by atoms with van der Waals surface area (Å²) < 4.78 is 0. The van der Waals surface area contributed by atoms with Crippen LogP contribution in [0.3, 0.4) is 0 Å². The van der Waals surface area contributed by atoms with Gasteiger partial charge in [-0.2, -0.15) is 0 Å².